The van der Waals surface area contributed by atoms with E-state index < -0.39 is 24.0 Å². The summed E-state index contributed by atoms with van der Waals surface area (Å²) in [4.78, 5) is 28.1. The third kappa shape index (κ3) is 4.06. The molecule has 1 amide bonds. The highest BCUT2D eigenvalue weighted by Gasteiger charge is 2.35. The summed E-state index contributed by atoms with van der Waals surface area (Å²) in [6.07, 6.45) is 7.67. The van der Waals surface area contributed by atoms with Crippen molar-refractivity contribution >= 4 is 28.9 Å². The number of hydrogen-bond donors (Lipinski definition) is 1. The van der Waals surface area contributed by atoms with E-state index in [-0.39, 0.29) is 0 Å². The Bertz CT molecular complexity index is 887. The number of esters is 1. The van der Waals surface area contributed by atoms with E-state index in [1.54, 1.807) is 12.3 Å². The van der Waals surface area contributed by atoms with Crippen molar-refractivity contribution in [1.82, 2.24) is 10.3 Å². The molecule has 1 aromatic carbocycles. The predicted octanol–water partition coefficient (Wildman–Crippen LogP) is 2.74. The Morgan fingerprint density at radius 2 is 2.04 bits per heavy atom. The summed E-state index contributed by atoms with van der Waals surface area (Å²) in [7, 11) is 0. The van der Waals surface area contributed by atoms with E-state index in [1.807, 2.05) is 30.3 Å². The van der Waals surface area contributed by atoms with Crippen molar-refractivity contribution in [3.05, 3.63) is 48.2 Å². The van der Waals surface area contributed by atoms with Crippen LogP contribution >= 0.6 is 0 Å². The van der Waals surface area contributed by atoms with Gasteiger partial charge in [-0.25, -0.2) is 4.79 Å². The Labute approximate surface area is 151 Å². The van der Waals surface area contributed by atoms with Crippen LogP contribution in [-0.4, -0.2) is 29.0 Å². The van der Waals surface area contributed by atoms with Crippen LogP contribution in [0.25, 0.3) is 17.0 Å². The summed E-state index contributed by atoms with van der Waals surface area (Å²) in [5.74, 6) is -1.08. The first-order chi connectivity index (χ1) is 12.6. The summed E-state index contributed by atoms with van der Waals surface area (Å²) < 4.78 is 4.97. The molecular formula is C20H19N3O3. The van der Waals surface area contributed by atoms with Crippen molar-refractivity contribution in [3.63, 3.8) is 0 Å². The van der Waals surface area contributed by atoms with Crippen LogP contribution in [0.5, 0.6) is 0 Å². The van der Waals surface area contributed by atoms with Gasteiger partial charge < -0.3 is 10.1 Å². The van der Waals surface area contributed by atoms with E-state index in [1.165, 1.54) is 6.08 Å². The fraction of sp³-hybridized carbons (Fsp3) is 0.300. The average molecular weight is 349 g/mol. The molecule has 0 spiro atoms. The van der Waals surface area contributed by atoms with Crippen LogP contribution in [-0.2, 0) is 14.3 Å². The van der Waals surface area contributed by atoms with E-state index in [9.17, 15) is 14.9 Å². The molecule has 1 fully saturated rings. The van der Waals surface area contributed by atoms with E-state index in [4.69, 9.17) is 4.74 Å². The fourth-order valence-electron chi connectivity index (χ4n) is 3.15. The Hall–Kier alpha value is -3.20. The second-order valence-corrected chi connectivity index (χ2v) is 6.31. The zero-order valence-corrected chi connectivity index (χ0v) is 14.3. The Morgan fingerprint density at radius 1 is 1.27 bits per heavy atom. The number of nitriles is 1. The van der Waals surface area contributed by atoms with Gasteiger partial charge in [0.1, 0.15) is 5.54 Å². The van der Waals surface area contributed by atoms with Gasteiger partial charge in [-0.2, -0.15) is 5.26 Å². The number of benzene rings is 1. The number of nitrogens with one attached hydrogen (secondary N) is 1. The molecule has 1 saturated carbocycles. The lowest BCUT2D eigenvalue weighted by Crippen LogP contribution is -2.46. The summed E-state index contributed by atoms with van der Waals surface area (Å²) in [6.45, 7) is -0.402. The van der Waals surface area contributed by atoms with Crippen LogP contribution in [0.3, 0.4) is 0 Å². The molecular weight excluding hydrogens is 330 g/mol. The minimum atomic E-state index is -0.812. The highest BCUT2D eigenvalue weighted by molar-refractivity contribution is 5.93. The van der Waals surface area contributed by atoms with Crippen LogP contribution in [0.2, 0.25) is 0 Å². The van der Waals surface area contributed by atoms with Crippen molar-refractivity contribution in [1.29, 1.82) is 5.26 Å². The third-order valence-electron chi connectivity index (χ3n) is 4.46. The number of pyridine rings is 1. The number of fused-ring (bicyclic) bond motifs is 1. The molecule has 1 N–H and O–H groups in total. The number of aromatic nitrogens is 1. The largest absolute Gasteiger partial charge is 0.452 e. The zero-order valence-electron chi connectivity index (χ0n) is 14.3. The van der Waals surface area contributed by atoms with Gasteiger partial charge in [-0.1, -0.05) is 24.3 Å². The molecule has 2 aromatic rings. The number of nitrogens with zero attached hydrogens (tertiary/aromatic N) is 2. The Balaban J connectivity index is 1.56. The van der Waals surface area contributed by atoms with Gasteiger partial charge in [-0.05, 0) is 37.8 Å². The minimum Gasteiger partial charge on any atom is -0.452 e. The fourth-order valence-corrected chi connectivity index (χ4v) is 3.15. The molecule has 0 radical (unpaired) electrons. The molecule has 132 valence electrons. The molecule has 0 atom stereocenters. The molecule has 0 bridgehead atoms. The normalized spacial score (nSPS) is 15.7. The van der Waals surface area contributed by atoms with Crippen molar-refractivity contribution in [2.75, 3.05) is 6.61 Å². The van der Waals surface area contributed by atoms with E-state index in [2.05, 4.69) is 16.4 Å². The molecule has 1 heterocycles. The van der Waals surface area contributed by atoms with Gasteiger partial charge in [0, 0.05) is 23.2 Å². The predicted molar refractivity (Wildman–Crippen MR) is 96.7 cm³/mol. The average Bonchev–Trinajstić information content (AvgIpc) is 3.13. The smallest absolute Gasteiger partial charge is 0.331 e. The number of ether oxygens (including phenoxy) is 1. The summed E-state index contributed by atoms with van der Waals surface area (Å²) in [5.41, 5.74) is 0.765. The number of carbonyl (C=O) groups is 2. The minimum absolute atomic E-state index is 0.402. The summed E-state index contributed by atoms with van der Waals surface area (Å²) in [6, 6.07) is 11.6. The third-order valence-corrected chi connectivity index (χ3v) is 4.46. The molecule has 3 rings (SSSR count). The topological polar surface area (TPSA) is 92.1 Å². The molecule has 0 aliphatic heterocycles. The Morgan fingerprint density at radius 3 is 2.81 bits per heavy atom. The number of hydrogen-bond acceptors (Lipinski definition) is 5. The van der Waals surface area contributed by atoms with Crippen LogP contribution < -0.4 is 5.32 Å². The van der Waals surface area contributed by atoms with Gasteiger partial charge in [0.25, 0.3) is 5.91 Å². The van der Waals surface area contributed by atoms with Gasteiger partial charge in [-0.3, -0.25) is 9.78 Å². The molecule has 1 aliphatic rings. The van der Waals surface area contributed by atoms with Crippen LogP contribution in [0.4, 0.5) is 0 Å². The highest BCUT2D eigenvalue weighted by Crippen LogP contribution is 2.28. The maximum absolute atomic E-state index is 11.9. The van der Waals surface area contributed by atoms with Crippen LogP contribution in [0.15, 0.2) is 42.6 Å². The molecule has 6 heteroatoms. The second-order valence-electron chi connectivity index (χ2n) is 6.31. The van der Waals surface area contributed by atoms with E-state index in [0.29, 0.717) is 12.8 Å². The molecule has 26 heavy (non-hydrogen) atoms. The SMILES string of the molecule is N#CC1(NC(=O)COC(=O)/C=C/c2cccc3cccnc23)CCCC1. The van der Waals surface area contributed by atoms with Crippen LogP contribution in [0, 0.1) is 11.3 Å². The summed E-state index contributed by atoms with van der Waals surface area (Å²) in [5, 5.41) is 12.9. The first kappa shape index (κ1) is 17.6. The number of para-hydroxylation sites is 1. The van der Waals surface area contributed by atoms with E-state index in [0.717, 1.165) is 29.3 Å². The second kappa shape index (κ2) is 7.79. The quantitative estimate of drug-likeness (QED) is 0.662. The van der Waals surface area contributed by atoms with Crippen molar-refractivity contribution < 1.29 is 14.3 Å². The molecule has 0 unspecified atom stereocenters. The zero-order chi connectivity index (χ0) is 18.4. The molecule has 1 aliphatic carbocycles. The van der Waals surface area contributed by atoms with Gasteiger partial charge >= 0.3 is 5.97 Å². The summed E-state index contributed by atoms with van der Waals surface area (Å²) >= 11 is 0. The lowest BCUT2D eigenvalue weighted by atomic mass is 10.00. The van der Waals surface area contributed by atoms with Crippen molar-refractivity contribution in [2.24, 2.45) is 0 Å². The van der Waals surface area contributed by atoms with Crippen molar-refractivity contribution in [2.45, 2.75) is 31.2 Å². The first-order valence-electron chi connectivity index (χ1n) is 8.53. The maximum Gasteiger partial charge on any atom is 0.331 e. The lowest BCUT2D eigenvalue weighted by molar-refractivity contribution is -0.144. The lowest BCUT2D eigenvalue weighted by Gasteiger charge is -2.21. The van der Waals surface area contributed by atoms with Gasteiger partial charge in [0.2, 0.25) is 0 Å². The number of rotatable bonds is 5. The Kier molecular flexibility index (Phi) is 5.28. The molecule has 0 saturated heterocycles. The highest BCUT2D eigenvalue weighted by atomic mass is 16.5. The van der Waals surface area contributed by atoms with Crippen LogP contribution in [0.1, 0.15) is 31.2 Å². The standard InChI is InChI=1S/C20H19N3O3/c21-14-20(10-1-2-11-20)23-17(24)13-26-18(25)9-8-16-6-3-5-15-7-4-12-22-19(15)16/h3-9,12H,1-2,10-11,13H2,(H,23,24)/b9-8+. The van der Waals surface area contributed by atoms with Gasteiger partial charge in [-0.15, -0.1) is 0 Å². The maximum atomic E-state index is 11.9. The van der Waals surface area contributed by atoms with E-state index >= 15 is 0 Å². The van der Waals surface area contributed by atoms with Gasteiger partial charge in [0.15, 0.2) is 6.61 Å². The number of amides is 1. The molecule has 6 nitrogen and oxygen atoms in total. The number of carbonyl (C=O) groups excluding carboxylic acids is 2. The molecule has 1 aromatic heterocycles. The monoisotopic (exact) mass is 349 g/mol. The van der Waals surface area contributed by atoms with Gasteiger partial charge in [0.05, 0.1) is 11.6 Å². The van der Waals surface area contributed by atoms with Crippen molar-refractivity contribution in [3.8, 4) is 6.07 Å². The first-order valence-corrected chi connectivity index (χ1v) is 8.53.